The van der Waals surface area contributed by atoms with E-state index in [1.54, 1.807) is 42.6 Å². The van der Waals surface area contributed by atoms with Crippen LogP contribution in [0.1, 0.15) is 62.5 Å². The third-order valence-corrected chi connectivity index (χ3v) is 13.5. The van der Waals surface area contributed by atoms with E-state index in [9.17, 15) is 36.4 Å². The van der Waals surface area contributed by atoms with Crippen LogP contribution in [0.4, 0.5) is 14.5 Å². The molecule has 1 aliphatic rings. The van der Waals surface area contributed by atoms with Gasteiger partial charge >= 0.3 is 11.1 Å². The lowest BCUT2D eigenvalue weighted by atomic mass is 10.1. The summed E-state index contributed by atoms with van der Waals surface area (Å²) >= 11 is 2.11. The average molecular weight is 1050 g/mol. The molecule has 0 atom stereocenters. The number of carbonyl (C=O) groups excluding carboxylic acids is 2. The first-order valence-electron chi connectivity index (χ1n) is 21.5. The summed E-state index contributed by atoms with van der Waals surface area (Å²) in [4.78, 5) is 61.8. The molecule has 8 aromatic rings. The number of fused-ring (bicyclic) bond motifs is 2. The van der Waals surface area contributed by atoms with Crippen LogP contribution in [0.3, 0.4) is 0 Å². The van der Waals surface area contributed by atoms with E-state index in [-0.39, 0.29) is 77.8 Å². The van der Waals surface area contributed by atoms with Gasteiger partial charge in [0, 0.05) is 35.4 Å². The van der Waals surface area contributed by atoms with Crippen LogP contribution in [0.5, 0.6) is 11.5 Å². The van der Waals surface area contributed by atoms with Gasteiger partial charge in [-0.25, -0.2) is 27.2 Å². The summed E-state index contributed by atoms with van der Waals surface area (Å²) in [6, 6.07) is 37.0. The van der Waals surface area contributed by atoms with Gasteiger partial charge < -0.3 is 9.47 Å². The largest absolute Gasteiger partial charge is 0.481 e. The highest BCUT2D eigenvalue weighted by Crippen LogP contribution is 2.26. The number of halogens is 3. The maximum Gasteiger partial charge on any atom is 0.301 e. The Labute approximate surface area is 402 Å². The molecule has 17 heteroatoms. The molecule has 1 aliphatic heterocycles. The van der Waals surface area contributed by atoms with E-state index in [1.165, 1.54) is 49.6 Å². The van der Waals surface area contributed by atoms with Crippen molar-refractivity contribution in [3.05, 3.63) is 215 Å². The summed E-state index contributed by atoms with van der Waals surface area (Å²) in [6.45, 7) is 0.515. The number of aryl methyl sites for hydroxylation is 2. The molecule has 0 N–H and O–H groups in total. The predicted octanol–water partition coefficient (Wildman–Crippen LogP) is 8.60. The van der Waals surface area contributed by atoms with Gasteiger partial charge in [-0.05, 0) is 113 Å². The Morgan fingerprint density at radius 1 is 0.588 bits per heavy atom. The number of ketones is 2. The second-order valence-electron chi connectivity index (χ2n) is 15.8. The highest BCUT2D eigenvalue weighted by Gasteiger charge is 2.29. The highest BCUT2D eigenvalue weighted by molar-refractivity contribution is 14.1. The van der Waals surface area contributed by atoms with Crippen LogP contribution in [-0.4, -0.2) is 51.1 Å². The van der Waals surface area contributed by atoms with E-state index >= 15 is 0 Å². The predicted molar refractivity (Wildman–Crippen MR) is 261 cm³/mol. The molecule has 0 saturated carbocycles. The molecule has 0 radical (unpaired) electrons. The number of hydrogen-bond acceptors (Lipinski definition) is 10. The monoisotopic (exact) mass is 1050 g/mol. The first-order chi connectivity index (χ1) is 32.8. The Morgan fingerprint density at radius 3 is 1.50 bits per heavy atom. The number of nitrogens with zero attached hydrogens (tertiary/aromatic N) is 5. The number of pyridine rings is 2. The third-order valence-electron chi connectivity index (χ3n) is 11.0. The van der Waals surface area contributed by atoms with Crippen molar-refractivity contribution in [3.63, 3.8) is 0 Å². The van der Waals surface area contributed by atoms with Gasteiger partial charge in [-0.3, -0.25) is 32.3 Å². The highest BCUT2D eigenvalue weighted by atomic mass is 127. The number of anilines is 1. The van der Waals surface area contributed by atoms with E-state index in [1.807, 2.05) is 66.7 Å². The minimum absolute atomic E-state index is 0.0178. The van der Waals surface area contributed by atoms with Gasteiger partial charge in [-0.2, -0.15) is 0 Å². The molecule has 0 bridgehead atoms. The van der Waals surface area contributed by atoms with E-state index in [0.29, 0.717) is 37.1 Å². The number of Topliss-reactive ketones (excluding diaryl/α,β-unsaturated/α-hetero) is 2. The second kappa shape index (κ2) is 21.2. The molecule has 0 spiro atoms. The summed E-state index contributed by atoms with van der Waals surface area (Å²) in [5.41, 5.74) is 3.09. The van der Waals surface area contributed by atoms with Gasteiger partial charge in [0.1, 0.15) is 36.1 Å². The molecule has 13 nitrogen and oxygen atoms in total. The lowest BCUT2D eigenvalue weighted by molar-refractivity contribution is 0.0964. The molecule has 68 heavy (non-hydrogen) atoms. The van der Waals surface area contributed by atoms with Crippen LogP contribution < -0.4 is 24.9 Å². The van der Waals surface area contributed by atoms with Gasteiger partial charge in [0.25, 0.3) is 0 Å². The van der Waals surface area contributed by atoms with Crippen molar-refractivity contribution < 1.29 is 36.3 Å². The maximum atomic E-state index is 13.6. The minimum atomic E-state index is -3.45. The Bertz CT molecular complexity index is 3360. The number of hydrogen-bond donors (Lipinski definition) is 0. The third kappa shape index (κ3) is 11.3. The summed E-state index contributed by atoms with van der Waals surface area (Å²) in [7, 11) is -3.45. The van der Waals surface area contributed by atoms with Crippen LogP contribution in [0.15, 0.2) is 155 Å². The van der Waals surface area contributed by atoms with Crippen LogP contribution in [-0.2, 0) is 36.1 Å². The summed E-state index contributed by atoms with van der Waals surface area (Å²) in [6.07, 6.45) is 4.49. The average Bonchev–Trinajstić information content (AvgIpc) is 3.72. The van der Waals surface area contributed by atoms with Crippen molar-refractivity contribution in [2.24, 2.45) is 0 Å². The first kappa shape index (κ1) is 47.4. The first-order valence-corrected chi connectivity index (χ1v) is 24.2. The molecule has 9 rings (SSSR count). The van der Waals surface area contributed by atoms with E-state index in [4.69, 9.17) is 9.47 Å². The van der Waals surface area contributed by atoms with Crippen LogP contribution in [0.2, 0.25) is 0 Å². The lowest BCUT2D eigenvalue weighted by Crippen LogP contribution is -2.27. The maximum absolute atomic E-state index is 13.6. The van der Waals surface area contributed by atoms with Gasteiger partial charge in [0.05, 0.1) is 11.4 Å². The molecule has 346 valence electrons. The molecule has 0 aliphatic carbocycles. The van der Waals surface area contributed by atoms with E-state index in [2.05, 4.69) is 32.6 Å². The zero-order chi connectivity index (χ0) is 47.8. The molecule has 0 amide bonds. The Balaban J connectivity index is 0.000000187. The zero-order valence-electron chi connectivity index (χ0n) is 36.3. The van der Waals surface area contributed by atoms with Gasteiger partial charge in [-0.1, -0.05) is 84.9 Å². The van der Waals surface area contributed by atoms with Crippen molar-refractivity contribution >= 4 is 61.2 Å². The van der Waals surface area contributed by atoms with Crippen molar-refractivity contribution in [3.8, 4) is 11.5 Å². The second-order valence-corrected chi connectivity index (χ2v) is 19.0. The van der Waals surface area contributed by atoms with Crippen molar-refractivity contribution in [1.82, 2.24) is 18.8 Å². The van der Waals surface area contributed by atoms with Crippen LogP contribution >= 0.6 is 22.6 Å². The molecule has 5 heterocycles. The van der Waals surface area contributed by atoms with Gasteiger partial charge in [0.15, 0.2) is 23.0 Å². The Kier molecular flexibility index (Phi) is 14.8. The molecule has 0 unspecified atom stereocenters. The topological polar surface area (TPSA) is 159 Å². The number of aromatic nitrogens is 4. The normalized spacial score (nSPS) is 13.0. The summed E-state index contributed by atoms with van der Waals surface area (Å²) < 4.78 is 67.5. The standard InChI is InChI=1S/C27H24FN3O5S.C24H18FIN2O3/c28-21-10-7-19(8-11-21)9-13-23(32)25-26(36-18-20-5-2-1-3-6-20)27(33)30-17-22(12-14-24(30)29-25)31-15-4-16-37(31,34)35;25-18-9-6-16(7-10-18)8-12-20(29)22-23(31-15-17-4-2-1-3-5-17)24(30)28-14-19(26)11-13-21(28)27-22/h1-3,5-8,10-12,14,17H,4,9,13,15-16,18H2;1-7,9-11,13-14H,8,12,15H2. The molecule has 1 saturated heterocycles. The number of sulfonamides is 1. The fourth-order valence-electron chi connectivity index (χ4n) is 7.44. The smallest absolute Gasteiger partial charge is 0.301 e. The van der Waals surface area contributed by atoms with Crippen LogP contribution in [0, 0.1) is 15.2 Å². The molecule has 4 aromatic carbocycles. The lowest BCUT2D eigenvalue weighted by Gasteiger charge is -2.18. The van der Waals surface area contributed by atoms with Crippen molar-refractivity contribution in [1.29, 1.82) is 0 Å². The summed E-state index contributed by atoms with van der Waals surface area (Å²) in [5.74, 6) is -1.60. The number of rotatable bonds is 15. The van der Waals surface area contributed by atoms with Crippen molar-refractivity contribution in [2.45, 2.75) is 45.3 Å². The number of carbonyl (C=O) groups is 2. The molecular formula is C51H42F2IN5O8S. The van der Waals surface area contributed by atoms with E-state index in [0.717, 1.165) is 25.8 Å². The quantitative estimate of drug-likeness (QED) is 0.0719. The summed E-state index contributed by atoms with van der Waals surface area (Å²) in [5, 5.41) is 0. The van der Waals surface area contributed by atoms with Crippen LogP contribution in [0.25, 0.3) is 11.3 Å². The van der Waals surface area contributed by atoms with Crippen molar-refractivity contribution in [2.75, 3.05) is 16.6 Å². The molecule has 4 aromatic heterocycles. The molecule has 1 fully saturated rings. The fourth-order valence-corrected chi connectivity index (χ4v) is 9.45. The number of ether oxygens (including phenoxy) is 2. The minimum Gasteiger partial charge on any atom is -0.481 e. The SMILES string of the molecule is O=C(CCc1ccc(F)cc1)c1nc2ccc(I)cn2c(=O)c1OCc1ccccc1.O=C(CCc1ccc(F)cc1)c1nc2ccc(N3CCCS3(=O)=O)cn2c(=O)c1OCc1ccccc1. The van der Waals surface area contributed by atoms with Gasteiger partial charge in [0.2, 0.25) is 21.5 Å². The van der Waals surface area contributed by atoms with E-state index < -0.39 is 26.9 Å². The Morgan fingerprint density at radius 2 is 1.04 bits per heavy atom. The number of benzene rings is 4. The van der Waals surface area contributed by atoms with Gasteiger partial charge in [-0.15, -0.1) is 0 Å². The Hall–Kier alpha value is -7.12. The fraction of sp³-hybridized carbons (Fsp3) is 0.176. The zero-order valence-corrected chi connectivity index (χ0v) is 39.2. The molecular weight excluding hydrogens is 1010 g/mol.